The van der Waals surface area contributed by atoms with Crippen LogP contribution in [-0.2, 0) is 13.2 Å². The Labute approximate surface area is 165 Å². The maximum atomic E-state index is 6.00. The number of rotatable bonds is 7. The van der Waals surface area contributed by atoms with Crippen LogP contribution in [0, 0.1) is 13.8 Å². The van der Waals surface area contributed by atoms with Crippen molar-refractivity contribution in [2.24, 2.45) is 0 Å². The van der Waals surface area contributed by atoms with E-state index in [1.54, 1.807) is 0 Å². The minimum absolute atomic E-state index is 0.419. The fourth-order valence-electron chi connectivity index (χ4n) is 3.23. The molecule has 142 valence electrons. The molecule has 0 unspecified atom stereocenters. The number of aryl methyl sites for hydroxylation is 2. The van der Waals surface area contributed by atoms with Crippen molar-refractivity contribution in [3.63, 3.8) is 0 Å². The van der Waals surface area contributed by atoms with Crippen molar-refractivity contribution < 1.29 is 9.47 Å². The molecule has 0 aliphatic heterocycles. The number of benzene rings is 3. The van der Waals surface area contributed by atoms with Crippen LogP contribution >= 0.6 is 0 Å². The molecule has 1 heterocycles. The molecule has 4 heteroatoms. The van der Waals surface area contributed by atoms with E-state index >= 15 is 0 Å². The van der Waals surface area contributed by atoms with Gasteiger partial charge in [0.25, 0.3) is 0 Å². The van der Waals surface area contributed by atoms with E-state index < -0.39 is 0 Å². The Morgan fingerprint density at radius 2 is 1.61 bits per heavy atom. The van der Waals surface area contributed by atoms with Crippen molar-refractivity contribution >= 4 is 11.0 Å². The van der Waals surface area contributed by atoms with Gasteiger partial charge in [-0.1, -0.05) is 42.0 Å². The standard InChI is InChI=1S/C24H24N2O2/c1-18-10-12-20(13-11-18)27-15-14-26-23-9-4-3-8-22(23)25-24(26)17-28-21-7-5-6-19(2)16-21/h3-13,16H,14-15,17H2,1-2H3. The second kappa shape index (κ2) is 8.17. The first kappa shape index (κ1) is 18.1. The van der Waals surface area contributed by atoms with Gasteiger partial charge in [-0.25, -0.2) is 4.98 Å². The van der Waals surface area contributed by atoms with E-state index in [0.717, 1.165) is 28.4 Å². The maximum absolute atomic E-state index is 6.00. The molecule has 0 saturated carbocycles. The molecular weight excluding hydrogens is 348 g/mol. The van der Waals surface area contributed by atoms with Crippen LogP contribution in [0.3, 0.4) is 0 Å². The molecule has 4 aromatic rings. The molecule has 3 aromatic carbocycles. The van der Waals surface area contributed by atoms with Crippen LogP contribution in [-0.4, -0.2) is 16.2 Å². The lowest BCUT2D eigenvalue weighted by Gasteiger charge is -2.12. The molecule has 0 radical (unpaired) electrons. The minimum atomic E-state index is 0.419. The van der Waals surface area contributed by atoms with E-state index in [1.165, 1.54) is 11.1 Å². The summed E-state index contributed by atoms with van der Waals surface area (Å²) in [5.74, 6) is 2.64. The molecule has 0 aliphatic rings. The van der Waals surface area contributed by atoms with Gasteiger partial charge in [0.15, 0.2) is 0 Å². The highest BCUT2D eigenvalue weighted by Gasteiger charge is 2.11. The summed E-state index contributed by atoms with van der Waals surface area (Å²) in [5, 5.41) is 0. The van der Waals surface area contributed by atoms with E-state index in [9.17, 15) is 0 Å². The van der Waals surface area contributed by atoms with Crippen LogP contribution < -0.4 is 9.47 Å². The molecule has 4 rings (SSSR count). The average molecular weight is 372 g/mol. The van der Waals surface area contributed by atoms with Gasteiger partial charge in [0, 0.05) is 0 Å². The van der Waals surface area contributed by atoms with E-state index in [0.29, 0.717) is 19.8 Å². The number of hydrogen-bond acceptors (Lipinski definition) is 3. The van der Waals surface area contributed by atoms with Crippen molar-refractivity contribution in [1.29, 1.82) is 0 Å². The molecular formula is C24H24N2O2. The van der Waals surface area contributed by atoms with Crippen molar-refractivity contribution in [3.8, 4) is 11.5 Å². The third-order valence-corrected chi connectivity index (χ3v) is 4.70. The Morgan fingerprint density at radius 3 is 2.43 bits per heavy atom. The molecule has 0 spiro atoms. The second-order valence-corrected chi connectivity index (χ2v) is 6.94. The number of hydrogen-bond donors (Lipinski definition) is 0. The lowest BCUT2D eigenvalue weighted by molar-refractivity contribution is 0.272. The predicted octanol–water partition coefficient (Wildman–Crippen LogP) is 5.31. The molecule has 0 N–H and O–H groups in total. The lowest BCUT2D eigenvalue weighted by atomic mass is 10.2. The van der Waals surface area contributed by atoms with Crippen LogP contribution in [0.25, 0.3) is 11.0 Å². The largest absolute Gasteiger partial charge is 0.492 e. The zero-order valence-electron chi connectivity index (χ0n) is 16.3. The Bertz CT molecular complexity index is 1070. The summed E-state index contributed by atoms with van der Waals surface area (Å²) in [7, 11) is 0. The van der Waals surface area contributed by atoms with Gasteiger partial charge in [-0.15, -0.1) is 0 Å². The van der Waals surface area contributed by atoms with Crippen molar-refractivity contribution in [2.75, 3.05) is 6.61 Å². The number of ether oxygens (including phenoxy) is 2. The monoisotopic (exact) mass is 372 g/mol. The fraction of sp³-hybridized carbons (Fsp3) is 0.208. The quantitative estimate of drug-likeness (QED) is 0.441. The number of para-hydroxylation sites is 2. The van der Waals surface area contributed by atoms with Crippen molar-refractivity contribution in [2.45, 2.75) is 27.0 Å². The summed E-state index contributed by atoms with van der Waals surface area (Å²) >= 11 is 0. The van der Waals surface area contributed by atoms with Crippen LogP contribution in [0.4, 0.5) is 0 Å². The van der Waals surface area contributed by atoms with E-state index in [4.69, 9.17) is 14.5 Å². The first-order chi connectivity index (χ1) is 13.7. The zero-order valence-corrected chi connectivity index (χ0v) is 16.3. The summed E-state index contributed by atoms with van der Waals surface area (Å²) < 4.78 is 14.1. The first-order valence-electron chi connectivity index (χ1n) is 9.52. The number of fused-ring (bicyclic) bond motifs is 1. The maximum Gasteiger partial charge on any atom is 0.148 e. The Kier molecular flexibility index (Phi) is 5.29. The third-order valence-electron chi connectivity index (χ3n) is 4.70. The molecule has 0 aliphatic carbocycles. The summed E-state index contributed by atoms with van der Waals surface area (Å²) in [6.45, 7) is 5.83. The molecule has 0 atom stereocenters. The van der Waals surface area contributed by atoms with E-state index in [2.05, 4.69) is 42.7 Å². The van der Waals surface area contributed by atoms with Crippen molar-refractivity contribution in [1.82, 2.24) is 9.55 Å². The normalized spacial score (nSPS) is 10.9. The Hall–Kier alpha value is -3.27. The lowest BCUT2D eigenvalue weighted by Crippen LogP contribution is -2.13. The first-order valence-corrected chi connectivity index (χ1v) is 9.52. The number of nitrogens with zero attached hydrogens (tertiary/aromatic N) is 2. The van der Waals surface area contributed by atoms with Gasteiger partial charge in [-0.05, 0) is 55.8 Å². The molecule has 4 nitrogen and oxygen atoms in total. The molecule has 0 amide bonds. The van der Waals surface area contributed by atoms with Crippen molar-refractivity contribution in [3.05, 3.63) is 89.7 Å². The van der Waals surface area contributed by atoms with Gasteiger partial charge in [-0.3, -0.25) is 0 Å². The average Bonchev–Trinajstić information content (AvgIpc) is 3.06. The van der Waals surface area contributed by atoms with Crippen LogP contribution in [0.1, 0.15) is 17.0 Å². The highest BCUT2D eigenvalue weighted by molar-refractivity contribution is 5.75. The number of imidazole rings is 1. The van der Waals surface area contributed by atoms with Crippen LogP contribution in [0.15, 0.2) is 72.8 Å². The molecule has 28 heavy (non-hydrogen) atoms. The minimum Gasteiger partial charge on any atom is -0.492 e. The smallest absolute Gasteiger partial charge is 0.148 e. The van der Waals surface area contributed by atoms with E-state index in [1.807, 2.05) is 48.5 Å². The van der Waals surface area contributed by atoms with Crippen LogP contribution in [0.5, 0.6) is 11.5 Å². The number of aromatic nitrogens is 2. The third kappa shape index (κ3) is 4.17. The van der Waals surface area contributed by atoms with E-state index in [-0.39, 0.29) is 0 Å². The van der Waals surface area contributed by atoms with Gasteiger partial charge in [0.1, 0.15) is 30.5 Å². The highest BCUT2D eigenvalue weighted by atomic mass is 16.5. The predicted molar refractivity (Wildman–Crippen MR) is 112 cm³/mol. The Morgan fingerprint density at radius 1 is 0.786 bits per heavy atom. The summed E-state index contributed by atoms with van der Waals surface area (Å²) in [6.07, 6.45) is 0. The SMILES string of the molecule is Cc1ccc(OCCn2c(COc3cccc(C)c3)nc3ccccc32)cc1. The topological polar surface area (TPSA) is 36.3 Å². The van der Waals surface area contributed by atoms with Gasteiger partial charge in [0.05, 0.1) is 17.6 Å². The van der Waals surface area contributed by atoms with Gasteiger partial charge < -0.3 is 14.0 Å². The second-order valence-electron chi connectivity index (χ2n) is 6.94. The Balaban J connectivity index is 1.50. The summed E-state index contributed by atoms with van der Waals surface area (Å²) in [6, 6.07) is 24.4. The van der Waals surface area contributed by atoms with Gasteiger partial charge in [-0.2, -0.15) is 0 Å². The van der Waals surface area contributed by atoms with Gasteiger partial charge >= 0.3 is 0 Å². The highest BCUT2D eigenvalue weighted by Crippen LogP contribution is 2.19. The fourth-order valence-corrected chi connectivity index (χ4v) is 3.23. The molecule has 1 aromatic heterocycles. The molecule has 0 fully saturated rings. The summed E-state index contributed by atoms with van der Waals surface area (Å²) in [4.78, 5) is 4.77. The molecule has 0 bridgehead atoms. The zero-order chi connectivity index (χ0) is 19.3. The molecule has 0 saturated heterocycles. The summed E-state index contributed by atoms with van der Waals surface area (Å²) in [5.41, 5.74) is 4.47. The van der Waals surface area contributed by atoms with Gasteiger partial charge in [0.2, 0.25) is 0 Å². The van der Waals surface area contributed by atoms with Crippen LogP contribution in [0.2, 0.25) is 0 Å².